The maximum Gasteiger partial charge on any atom is 0.0104 e. The lowest BCUT2D eigenvalue weighted by Gasteiger charge is -2.17. The van der Waals surface area contributed by atoms with E-state index in [0.29, 0.717) is 6.04 Å². The molecule has 0 aromatic heterocycles. The molecular weight excluding hydrogens is 210 g/mol. The topological polar surface area (TPSA) is 27.3 Å². The summed E-state index contributed by atoms with van der Waals surface area (Å²) < 4.78 is 0. The van der Waals surface area contributed by atoms with Gasteiger partial charge in [-0.2, -0.15) is 0 Å². The van der Waals surface area contributed by atoms with Crippen molar-refractivity contribution in [3.05, 3.63) is 0 Å². The predicted octanol–water partition coefficient (Wildman–Crippen LogP) is 3.07. The van der Waals surface area contributed by atoms with Crippen molar-refractivity contribution in [2.45, 2.75) is 54.0 Å². The third-order valence-corrected chi connectivity index (χ3v) is 1.79. The molecule has 0 saturated heterocycles. The molecule has 0 heterocycles. The second-order valence-corrected chi connectivity index (χ2v) is 4.22. The van der Waals surface area contributed by atoms with Crippen molar-refractivity contribution >= 4 is 0 Å². The molecule has 0 radical (unpaired) electrons. The Balaban J connectivity index is -0.0000000819. The highest BCUT2D eigenvalue weighted by atomic mass is 15.1. The maximum absolute atomic E-state index is 3.39. The fraction of sp³-hybridized carbons (Fsp3) is 1.00. The number of likely N-dealkylation sites (N-methyl/N-ethyl adjacent to an activating group) is 2. The molecule has 3 nitrogen and oxygen atoms in total. The largest absolute Gasteiger partial charge is 0.318 e. The summed E-state index contributed by atoms with van der Waals surface area (Å²) in [6, 6.07) is 0.600. The Morgan fingerprint density at radius 2 is 1.47 bits per heavy atom. The molecule has 0 unspecified atom stereocenters. The predicted molar refractivity (Wildman–Crippen MR) is 86.1 cm³/mol. The lowest BCUT2D eigenvalue weighted by Crippen LogP contribution is -2.35. The lowest BCUT2D eigenvalue weighted by atomic mass is 10.4. The van der Waals surface area contributed by atoms with E-state index in [1.54, 1.807) is 0 Å². The van der Waals surface area contributed by atoms with Crippen LogP contribution in [0.5, 0.6) is 0 Å². The maximum atomic E-state index is 3.39. The third kappa shape index (κ3) is 31.3. The van der Waals surface area contributed by atoms with Gasteiger partial charge in [0.05, 0.1) is 0 Å². The van der Waals surface area contributed by atoms with Crippen LogP contribution in [0.2, 0.25) is 0 Å². The molecule has 3 heteroatoms. The smallest absolute Gasteiger partial charge is 0.0104 e. The van der Waals surface area contributed by atoms with Gasteiger partial charge in [0, 0.05) is 35.1 Å². The standard InChI is InChI=1S/C9H23N3.C3H8.C2H6.2H2/c1-9(2)11-6-8-12(4)7-5-10-3;1-3-2;1-2;;/h9-11H,5-8H2,1-4H3;3H2,1-2H3;1-2H3;2*1H. The second-order valence-electron chi connectivity index (χ2n) is 4.22. The molecular formula is C14H41N3. The minimum Gasteiger partial charge on any atom is -0.318 e. The van der Waals surface area contributed by atoms with Crippen LogP contribution in [-0.2, 0) is 0 Å². The van der Waals surface area contributed by atoms with Gasteiger partial charge in [-0.15, -0.1) is 0 Å². The van der Waals surface area contributed by atoms with Gasteiger partial charge in [-0.05, 0) is 14.1 Å². The monoisotopic (exact) mass is 251 g/mol. The van der Waals surface area contributed by atoms with Gasteiger partial charge in [0.15, 0.2) is 0 Å². The van der Waals surface area contributed by atoms with E-state index in [2.05, 4.69) is 50.3 Å². The molecule has 0 bridgehead atoms. The summed E-state index contributed by atoms with van der Waals surface area (Å²) in [7, 11) is 4.14. The van der Waals surface area contributed by atoms with Crippen LogP contribution in [0.3, 0.4) is 0 Å². The highest BCUT2D eigenvalue weighted by molar-refractivity contribution is 4.58. The van der Waals surface area contributed by atoms with Crippen LogP contribution in [0.25, 0.3) is 0 Å². The number of rotatable bonds is 7. The van der Waals surface area contributed by atoms with Crippen molar-refractivity contribution in [3.63, 3.8) is 0 Å². The summed E-state index contributed by atoms with van der Waals surface area (Å²) in [6.07, 6.45) is 1.25. The molecule has 0 aromatic rings. The summed E-state index contributed by atoms with van der Waals surface area (Å²) in [4.78, 5) is 2.33. The van der Waals surface area contributed by atoms with E-state index in [4.69, 9.17) is 0 Å². The molecule has 0 aliphatic rings. The fourth-order valence-electron chi connectivity index (χ4n) is 0.959. The van der Waals surface area contributed by atoms with Gasteiger partial charge < -0.3 is 15.5 Å². The van der Waals surface area contributed by atoms with Crippen molar-refractivity contribution in [2.24, 2.45) is 0 Å². The van der Waals surface area contributed by atoms with Crippen LogP contribution in [0.15, 0.2) is 0 Å². The molecule has 17 heavy (non-hydrogen) atoms. The van der Waals surface area contributed by atoms with E-state index < -0.39 is 0 Å². The summed E-state index contributed by atoms with van der Waals surface area (Å²) in [5.74, 6) is 0. The minimum atomic E-state index is 0. The van der Waals surface area contributed by atoms with E-state index in [-0.39, 0.29) is 2.85 Å². The van der Waals surface area contributed by atoms with Crippen LogP contribution in [0, 0.1) is 0 Å². The van der Waals surface area contributed by atoms with Crippen LogP contribution in [0.4, 0.5) is 0 Å². The third-order valence-electron chi connectivity index (χ3n) is 1.79. The molecule has 0 aromatic carbocycles. The molecule has 0 aliphatic carbocycles. The van der Waals surface area contributed by atoms with Crippen molar-refractivity contribution < 1.29 is 2.85 Å². The van der Waals surface area contributed by atoms with Gasteiger partial charge in [-0.1, -0.05) is 48.0 Å². The molecule has 0 amide bonds. The number of nitrogens with zero attached hydrogens (tertiary/aromatic N) is 1. The molecule has 112 valence electrons. The second kappa shape index (κ2) is 21.2. The van der Waals surface area contributed by atoms with Crippen molar-refractivity contribution in [1.82, 2.24) is 15.5 Å². The molecule has 0 spiro atoms. The molecule has 0 atom stereocenters. The minimum absolute atomic E-state index is 0. The first-order valence-electron chi connectivity index (χ1n) is 7.14. The fourth-order valence-corrected chi connectivity index (χ4v) is 0.959. The first-order valence-corrected chi connectivity index (χ1v) is 7.14. The zero-order valence-electron chi connectivity index (χ0n) is 13.6. The summed E-state index contributed by atoms with van der Waals surface area (Å²) in [5, 5.41) is 6.53. The number of hydrogen-bond acceptors (Lipinski definition) is 3. The van der Waals surface area contributed by atoms with Crippen molar-refractivity contribution in [2.75, 3.05) is 40.3 Å². The zero-order valence-corrected chi connectivity index (χ0v) is 13.6. The summed E-state index contributed by atoms with van der Waals surface area (Å²) in [5.41, 5.74) is 0. The Bertz CT molecular complexity index is 115. The molecule has 2 N–H and O–H groups in total. The van der Waals surface area contributed by atoms with Gasteiger partial charge in [-0.25, -0.2) is 0 Å². The number of hydrogen-bond donors (Lipinski definition) is 2. The van der Waals surface area contributed by atoms with Crippen LogP contribution in [0.1, 0.15) is 50.8 Å². The number of nitrogens with one attached hydrogen (secondary N) is 2. The van der Waals surface area contributed by atoms with Crippen molar-refractivity contribution in [1.29, 1.82) is 0 Å². The van der Waals surface area contributed by atoms with E-state index in [1.165, 1.54) is 6.42 Å². The summed E-state index contributed by atoms with van der Waals surface area (Å²) in [6.45, 7) is 17.0. The van der Waals surface area contributed by atoms with Crippen LogP contribution >= 0.6 is 0 Å². The highest BCUT2D eigenvalue weighted by Gasteiger charge is 1.96. The van der Waals surface area contributed by atoms with Crippen molar-refractivity contribution in [3.8, 4) is 0 Å². The summed E-state index contributed by atoms with van der Waals surface area (Å²) >= 11 is 0. The Hall–Kier alpha value is -0.120. The van der Waals surface area contributed by atoms with Crippen LogP contribution < -0.4 is 10.6 Å². The molecule has 0 aliphatic heterocycles. The average molecular weight is 252 g/mol. The lowest BCUT2D eigenvalue weighted by molar-refractivity contribution is 0.328. The van der Waals surface area contributed by atoms with E-state index >= 15 is 0 Å². The van der Waals surface area contributed by atoms with Gasteiger partial charge in [0.2, 0.25) is 0 Å². The quantitative estimate of drug-likeness (QED) is 0.728. The Kier molecular flexibility index (Phi) is 27.5. The Morgan fingerprint density at radius 1 is 1.06 bits per heavy atom. The molecule has 0 rings (SSSR count). The molecule has 0 fully saturated rings. The molecule has 0 saturated carbocycles. The average Bonchev–Trinajstić information content (AvgIpc) is 2.29. The van der Waals surface area contributed by atoms with Gasteiger partial charge >= 0.3 is 0 Å². The first-order chi connectivity index (χ1) is 8.08. The Labute approximate surface area is 113 Å². The zero-order chi connectivity index (χ0) is 14.1. The van der Waals surface area contributed by atoms with Crippen LogP contribution in [-0.4, -0.2) is 51.2 Å². The van der Waals surface area contributed by atoms with E-state index in [1.807, 2.05) is 20.9 Å². The van der Waals surface area contributed by atoms with Gasteiger partial charge in [0.25, 0.3) is 0 Å². The highest BCUT2D eigenvalue weighted by Crippen LogP contribution is 1.80. The normalized spacial score (nSPS) is 9.53. The van der Waals surface area contributed by atoms with E-state index in [9.17, 15) is 0 Å². The Morgan fingerprint density at radius 3 is 1.82 bits per heavy atom. The first kappa shape index (κ1) is 22.1. The SMILES string of the molecule is CC.CCC.CNCCN(C)CCNC(C)C.[HH].[HH]. The van der Waals surface area contributed by atoms with Gasteiger partial charge in [-0.3, -0.25) is 0 Å². The van der Waals surface area contributed by atoms with Gasteiger partial charge in [0.1, 0.15) is 0 Å². The van der Waals surface area contributed by atoms with E-state index in [0.717, 1.165) is 26.2 Å².